The molecule has 2 atom stereocenters. The molecule has 0 aliphatic carbocycles. The molecule has 7 nitrogen and oxygen atoms in total. The fourth-order valence-electron chi connectivity index (χ4n) is 3.16. The second kappa shape index (κ2) is 6.13. The van der Waals surface area contributed by atoms with E-state index >= 15 is 0 Å². The van der Waals surface area contributed by atoms with E-state index in [9.17, 15) is 4.79 Å². The largest absolute Gasteiger partial charge is 0.383 e. The third-order valence-electron chi connectivity index (χ3n) is 4.33. The Labute approximate surface area is 124 Å². The monoisotopic (exact) mass is 294 g/mol. The normalized spacial score (nSPS) is 26.1. The Bertz CT molecular complexity index is 504. The van der Waals surface area contributed by atoms with Crippen LogP contribution in [-0.2, 0) is 16.5 Å². The number of hydrogen-bond acceptors (Lipinski definition) is 5. The maximum atomic E-state index is 12.6. The lowest BCUT2D eigenvalue weighted by Gasteiger charge is -2.36. The molecule has 2 aliphatic heterocycles. The number of aryl methyl sites for hydroxylation is 1. The van der Waals surface area contributed by atoms with E-state index in [2.05, 4.69) is 10.00 Å². The zero-order valence-electron chi connectivity index (χ0n) is 12.6. The molecule has 2 fully saturated rings. The van der Waals surface area contributed by atoms with Gasteiger partial charge >= 0.3 is 0 Å². The van der Waals surface area contributed by atoms with Crippen LogP contribution in [0.3, 0.4) is 0 Å². The van der Waals surface area contributed by atoms with Crippen molar-refractivity contribution in [1.29, 1.82) is 0 Å². The minimum atomic E-state index is 0.0275. The van der Waals surface area contributed by atoms with Crippen molar-refractivity contribution < 1.29 is 14.3 Å². The molecule has 1 aromatic rings. The van der Waals surface area contributed by atoms with Crippen LogP contribution >= 0.6 is 0 Å². The summed E-state index contributed by atoms with van der Waals surface area (Å²) in [4.78, 5) is 16.8. The van der Waals surface area contributed by atoms with E-state index in [0.29, 0.717) is 25.4 Å². The van der Waals surface area contributed by atoms with E-state index in [1.165, 1.54) is 0 Å². The number of rotatable bonds is 4. The predicted octanol–water partition coefficient (Wildman–Crippen LogP) is -0.408. The maximum absolute atomic E-state index is 12.6. The first-order chi connectivity index (χ1) is 10.2. The first kappa shape index (κ1) is 14.5. The maximum Gasteiger partial charge on any atom is 0.272 e. The van der Waals surface area contributed by atoms with Gasteiger partial charge in [-0.05, 0) is 6.07 Å². The number of carbonyl (C=O) groups excluding carboxylic acids is 1. The molecule has 0 N–H and O–H groups in total. The third-order valence-corrected chi connectivity index (χ3v) is 4.33. The summed E-state index contributed by atoms with van der Waals surface area (Å²) in [6.45, 7) is 4.57. The van der Waals surface area contributed by atoms with Crippen LogP contribution in [0.4, 0.5) is 0 Å². The number of morpholine rings is 1. The van der Waals surface area contributed by atoms with Crippen molar-refractivity contribution in [3.05, 3.63) is 18.0 Å². The highest BCUT2D eigenvalue weighted by Crippen LogP contribution is 2.24. The molecule has 0 saturated carbocycles. The number of nitrogens with zero attached hydrogens (tertiary/aromatic N) is 4. The van der Waals surface area contributed by atoms with Crippen molar-refractivity contribution in [2.24, 2.45) is 7.05 Å². The number of hydrogen-bond donors (Lipinski definition) is 0. The lowest BCUT2D eigenvalue weighted by Crippen LogP contribution is -2.51. The van der Waals surface area contributed by atoms with E-state index in [0.717, 1.165) is 19.7 Å². The lowest BCUT2D eigenvalue weighted by molar-refractivity contribution is -0.0526. The molecule has 3 rings (SSSR count). The standard InChI is InChI=1S/C14H22N4O3/c1-16-11(3-4-15-16)14(19)18-9-12-13(10-18)21-8-6-17(12)5-7-20-2/h3-4,12-13H,5-10H2,1-2H3/t12-,13+/m1/s1. The Kier molecular flexibility index (Phi) is 4.23. The molecule has 116 valence electrons. The third kappa shape index (κ3) is 2.81. The number of likely N-dealkylation sites (tertiary alicyclic amines) is 1. The summed E-state index contributed by atoms with van der Waals surface area (Å²) in [7, 11) is 3.50. The van der Waals surface area contributed by atoms with Crippen molar-refractivity contribution >= 4 is 5.91 Å². The number of amides is 1. The second-order valence-electron chi connectivity index (χ2n) is 5.56. The highest BCUT2D eigenvalue weighted by molar-refractivity contribution is 5.92. The van der Waals surface area contributed by atoms with Gasteiger partial charge in [-0.2, -0.15) is 5.10 Å². The van der Waals surface area contributed by atoms with Gasteiger partial charge in [0.1, 0.15) is 5.69 Å². The van der Waals surface area contributed by atoms with Gasteiger partial charge in [-0.25, -0.2) is 0 Å². The summed E-state index contributed by atoms with van der Waals surface area (Å²) in [6.07, 6.45) is 1.75. The fourth-order valence-corrected chi connectivity index (χ4v) is 3.16. The number of fused-ring (bicyclic) bond motifs is 1. The van der Waals surface area contributed by atoms with Gasteiger partial charge in [0.15, 0.2) is 0 Å². The molecule has 0 aromatic carbocycles. The molecule has 7 heteroatoms. The quantitative estimate of drug-likeness (QED) is 0.756. The van der Waals surface area contributed by atoms with Crippen LogP contribution in [0, 0.1) is 0 Å². The van der Waals surface area contributed by atoms with Gasteiger partial charge in [0, 0.05) is 46.5 Å². The number of ether oxygens (including phenoxy) is 2. The molecule has 21 heavy (non-hydrogen) atoms. The molecule has 2 aliphatic rings. The summed E-state index contributed by atoms with van der Waals surface area (Å²) in [5, 5.41) is 4.07. The van der Waals surface area contributed by atoms with Crippen LogP contribution in [-0.4, -0.2) is 84.1 Å². The van der Waals surface area contributed by atoms with Crippen LogP contribution in [0.15, 0.2) is 12.3 Å². The van der Waals surface area contributed by atoms with Gasteiger partial charge in [-0.1, -0.05) is 0 Å². The average Bonchev–Trinajstić information content (AvgIpc) is 3.10. The van der Waals surface area contributed by atoms with Gasteiger partial charge in [-0.3, -0.25) is 14.4 Å². The Balaban J connectivity index is 1.68. The molecule has 0 unspecified atom stereocenters. The molecule has 0 spiro atoms. The van der Waals surface area contributed by atoms with Crippen molar-refractivity contribution in [2.45, 2.75) is 12.1 Å². The molecule has 1 amide bonds. The molecule has 2 saturated heterocycles. The Hall–Kier alpha value is -1.44. The summed E-state index contributed by atoms with van der Waals surface area (Å²) in [5.41, 5.74) is 0.622. The average molecular weight is 294 g/mol. The highest BCUT2D eigenvalue weighted by atomic mass is 16.5. The van der Waals surface area contributed by atoms with Crippen LogP contribution in [0.2, 0.25) is 0 Å². The van der Waals surface area contributed by atoms with Crippen LogP contribution < -0.4 is 0 Å². The van der Waals surface area contributed by atoms with Gasteiger partial charge in [0.05, 0.1) is 25.4 Å². The molecule has 3 heterocycles. The first-order valence-electron chi connectivity index (χ1n) is 7.32. The first-order valence-corrected chi connectivity index (χ1v) is 7.32. The Morgan fingerprint density at radius 1 is 1.52 bits per heavy atom. The van der Waals surface area contributed by atoms with Crippen molar-refractivity contribution in [1.82, 2.24) is 19.6 Å². The molecule has 0 bridgehead atoms. The van der Waals surface area contributed by atoms with E-state index < -0.39 is 0 Å². The van der Waals surface area contributed by atoms with Gasteiger partial charge in [0.25, 0.3) is 5.91 Å². The molecular formula is C14H22N4O3. The van der Waals surface area contributed by atoms with Crippen LogP contribution in [0.25, 0.3) is 0 Å². The van der Waals surface area contributed by atoms with Gasteiger partial charge in [-0.15, -0.1) is 0 Å². The smallest absolute Gasteiger partial charge is 0.272 e. The number of methoxy groups -OCH3 is 1. The van der Waals surface area contributed by atoms with Crippen molar-refractivity contribution in [2.75, 3.05) is 46.5 Å². The highest BCUT2D eigenvalue weighted by Gasteiger charge is 2.42. The van der Waals surface area contributed by atoms with E-state index in [4.69, 9.17) is 9.47 Å². The van der Waals surface area contributed by atoms with Crippen molar-refractivity contribution in [3.63, 3.8) is 0 Å². The number of carbonyl (C=O) groups is 1. The summed E-state index contributed by atoms with van der Waals surface area (Å²) < 4.78 is 12.6. The Morgan fingerprint density at radius 2 is 2.38 bits per heavy atom. The van der Waals surface area contributed by atoms with E-state index in [-0.39, 0.29) is 18.1 Å². The zero-order chi connectivity index (χ0) is 14.8. The van der Waals surface area contributed by atoms with Crippen molar-refractivity contribution in [3.8, 4) is 0 Å². The molecular weight excluding hydrogens is 272 g/mol. The molecule has 1 aromatic heterocycles. The number of aromatic nitrogens is 2. The van der Waals surface area contributed by atoms with E-state index in [1.54, 1.807) is 31.1 Å². The molecule has 0 radical (unpaired) electrons. The fraction of sp³-hybridized carbons (Fsp3) is 0.714. The van der Waals surface area contributed by atoms with Gasteiger partial charge < -0.3 is 14.4 Å². The minimum absolute atomic E-state index is 0.0275. The Morgan fingerprint density at radius 3 is 3.10 bits per heavy atom. The topological polar surface area (TPSA) is 59.8 Å². The second-order valence-corrected chi connectivity index (χ2v) is 5.56. The lowest BCUT2D eigenvalue weighted by atomic mass is 10.1. The summed E-state index contributed by atoms with van der Waals surface area (Å²) in [5.74, 6) is 0.0275. The van der Waals surface area contributed by atoms with Crippen LogP contribution in [0.5, 0.6) is 0 Å². The minimum Gasteiger partial charge on any atom is -0.383 e. The summed E-state index contributed by atoms with van der Waals surface area (Å²) >= 11 is 0. The van der Waals surface area contributed by atoms with E-state index in [1.807, 2.05) is 4.90 Å². The van der Waals surface area contributed by atoms with Crippen LogP contribution in [0.1, 0.15) is 10.5 Å². The van der Waals surface area contributed by atoms with Gasteiger partial charge in [0.2, 0.25) is 0 Å². The summed E-state index contributed by atoms with van der Waals surface area (Å²) in [6, 6.07) is 2.03. The zero-order valence-corrected chi connectivity index (χ0v) is 12.6. The SMILES string of the molecule is COCCN1CCO[C@H]2CN(C(=O)c3ccnn3C)C[C@H]21. The predicted molar refractivity (Wildman–Crippen MR) is 76.1 cm³/mol.